The molecule has 0 spiro atoms. The molecule has 0 bridgehead atoms. The molecule has 0 amide bonds. The van der Waals surface area contributed by atoms with Crippen LogP contribution in [0.1, 0.15) is 37.3 Å². The third-order valence-corrected chi connectivity index (χ3v) is 2.92. The van der Waals surface area contributed by atoms with Crippen molar-refractivity contribution in [3.8, 4) is 0 Å². The molecule has 0 aromatic carbocycles. The molecule has 1 aliphatic carbocycles. The van der Waals surface area contributed by atoms with Crippen molar-refractivity contribution >= 4 is 0 Å². The van der Waals surface area contributed by atoms with Crippen molar-refractivity contribution in [2.24, 2.45) is 18.7 Å². The van der Waals surface area contributed by atoms with Crippen LogP contribution in [0.2, 0.25) is 0 Å². The third-order valence-electron chi connectivity index (χ3n) is 2.92. The van der Waals surface area contributed by atoms with E-state index in [4.69, 9.17) is 5.73 Å². The van der Waals surface area contributed by atoms with Crippen LogP contribution >= 0.6 is 0 Å². The summed E-state index contributed by atoms with van der Waals surface area (Å²) in [5.74, 6) is 3.33. The molecule has 1 fully saturated rings. The predicted molar refractivity (Wildman–Crippen MR) is 50.0 cm³/mol. The van der Waals surface area contributed by atoms with E-state index in [-0.39, 0.29) is 0 Å². The summed E-state index contributed by atoms with van der Waals surface area (Å²) < 4.78 is 2.03. The highest BCUT2D eigenvalue weighted by atomic mass is 15.3. The molecule has 1 aliphatic rings. The highest BCUT2D eigenvalue weighted by Gasteiger charge is 2.31. The molecular formula is C9H16N4. The molecular weight excluding hydrogens is 164 g/mol. The first-order valence-electron chi connectivity index (χ1n) is 4.82. The van der Waals surface area contributed by atoms with Crippen LogP contribution in [-0.2, 0) is 13.6 Å². The molecule has 1 heterocycles. The molecule has 0 saturated heterocycles. The number of hydrogen-bond donors (Lipinski definition) is 1. The van der Waals surface area contributed by atoms with Gasteiger partial charge in [0.05, 0.1) is 6.54 Å². The average Bonchev–Trinajstić information content (AvgIpc) is 2.89. The van der Waals surface area contributed by atoms with E-state index in [0.29, 0.717) is 12.5 Å². The van der Waals surface area contributed by atoms with Gasteiger partial charge >= 0.3 is 0 Å². The Labute approximate surface area is 78.1 Å². The van der Waals surface area contributed by atoms with Crippen LogP contribution < -0.4 is 5.73 Å². The zero-order valence-electron chi connectivity index (χ0n) is 8.20. The maximum absolute atomic E-state index is 5.53. The largest absolute Gasteiger partial charge is 0.324 e. The number of aromatic nitrogens is 3. The van der Waals surface area contributed by atoms with Crippen LogP contribution in [0.5, 0.6) is 0 Å². The van der Waals surface area contributed by atoms with Gasteiger partial charge in [-0.1, -0.05) is 6.92 Å². The molecule has 1 aromatic rings. The van der Waals surface area contributed by atoms with Gasteiger partial charge in [-0.05, 0) is 18.8 Å². The first-order valence-corrected chi connectivity index (χ1v) is 4.82. The summed E-state index contributed by atoms with van der Waals surface area (Å²) in [5.41, 5.74) is 5.53. The van der Waals surface area contributed by atoms with Gasteiger partial charge < -0.3 is 10.3 Å². The topological polar surface area (TPSA) is 56.7 Å². The van der Waals surface area contributed by atoms with Crippen LogP contribution in [0.25, 0.3) is 0 Å². The quantitative estimate of drug-likeness (QED) is 0.748. The summed E-state index contributed by atoms with van der Waals surface area (Å²) >= 11 is 0. The maximum atomic E-state index is 5.53. The first kappa shape index (κ1) is 8.69. The van der Waals surface area contributed by atoms with E-state index in [1.165, 1.54) is 12.8 Å². The molecule has 72 valence electrons. The number of rotatable bonds is 3. The van der Waals surface area contributed by atoms with E-state index in [0.717, 1.165) is 17.6 Å². The molecule has 1 aromatic heterocycles. The van der Waals surface area contributed by atoms with Crippen molar-refractivity contribution in [2.45, 2.75) is 32.2 Å². The Kier molecular flexibility index (Phi) is 2.07. The van der Waals surface area contributed by atoms with E-state index >= 15 is 0 Å². The van der Waals surface area contributed by atoms with E-state index in [1.807, 2.05) is 11.6 Å². The molecule has 2 N–H and O–H groups in total. The lowest BCUT2D eigenvalue weighted by atomic mass is 10.1. The smallest absolute Gasteiger partial charge is 0.146 e. The summed E-state index contributed by atoms with van der Waals surface area (Å²) in [7, 11) is 2.00. The second-order valence-corrected chi connectivity index (χ2v) is 3.86. The third kappa shape index (κ3) is 1.46. The second kappa shape index (κ2) is 3.10. The highest BCUT2D eigenvalue weighted by Crippen LogP contribution is 2.41. The van der Waals surface area contributed by atoms with E-state index in [1.54, 1.807) is 0 Å². The van der Waals surface area contributed by atoms with Crippen LogP contribution in [0, 0.1) is 5.92 Å². The van der Waals surface area contributed by atoms with Gasteiger partial charge in [-0.25, -0.2) is 0 Å². The summed E-state index contributed by atoms with van der Waals surface area (Å²) in [5, 5.41) is 8.23. The second-order valence-electron chi connectivity index (χ2n) is 3.86. The lowest BCUT2D eigenvalue weighted by molar-refractivity contribution is 0.586. The molecule has 4 nitrogen and oxygen atoms in total. The van der Waals surface area contributed by atoms with Gasteiger partial charge in [0.15, 0.2) is 0 Å². The first-order chi connectivity index (χ1) is 6.24. The Hall–Kier alpha value is -0.900. The fraction of sp³-hybridized carbons (Fsp3) is 0.778. The van der Waals surface area contributed by atoms with Gasteiger partial charge in [-0.15, -0.1) is 10.2 Å². The van der Waals surface area contributed by atoms with Gasteiger partial charge in [0.2, 0.25) is 0 Å². The fourth-order valence-electron chi connectivity index (χ4n) is 1.76. The van der Waals surface area contributed by atoms with Gasteiger partial charge in [-0.2, -0.15) is 0 Å². The summed E-state index contributed by atoms with van der Waals surface area (Å²) in [6.45, 7) is 2.70. The Balaban J connectivity index is 2.23. The monoisotopic (exact) mass is 180 g/mol. The van der Waals surface area contributed by atoms with Crippen molar-refractivity contribution in [3.05, 3.63) is 11.6 Å². The zero-order chi connectivity index (χ0) is 9.42. The normalized spacial score (nSPS) is 19.0. The Morgan fingerprint density at radius 1 is 1.54 bits per heavy atom. The fourth-order valence-corrected chi connectivity index (χ4v) is 1.76. The minimum absolute atomic E-state index is 0.473. The molecule has 2 rings (SSSR count). The number of nitrogens with two attached hydrogens (primary N) is 1. The van der Waals surface area contributed by atoms with Gasteiger partial charge in [0.1, 0.15) is 11.6 Å². The molecule has 0 aliphatic heterocycles. The Morgan fingerprint density at radius 2 is 2.23 bits per heavy atom. The molecule has 1 atom stereocenters. The Morgan fingerprint density at radius 3 is 2.69 bits per heavy atom. The van der Waals surface area contributed by atoms with Crippen LogP contribution in [-0.4, -0.2) is 14.8 Å². The maximum Gasteiger partial charge on any atom is 0.146 e. The van der Waals surface area contributed by atoms with Gasteiger partial charge in [0, 0.05) is 13.0 Å². The molecule has 1 unspecified atom stereocenters. The lowest BCUT2D eigenvalue weighted by Gasteiger charge is -2.08. The van der Waals surface area contributed by atoms with E-state index < -0.39 is 0 Å². The molecule has 4 heteroatoms. The predicted octanol–water partition coefficient (Wildman–Crippen LogP) is 0.787. The summed E-state index contributed by atoms with van der Waals surface area (Å²) in [6.07, 6.45) is 2.68. The minimum Gasteiger partial charge on any atom is -0.324 e. The molecule has 1 saturated carbocycles. The minimum atomic E-state index is 0.473. The zero-order valence-corrected chi connectivity index (χ0v) is 8.20. The Bertz CT molecular complexity index is 301. The average molecular weight is 180 g/mol. The van der Waals surface area contributed by atoms with Crippen molar-refractivity contribution in [1.82, 2.24) is 14.8 Å². The van der Waals surface area contributed by atoms with Crippen LogP contribution in [0.4, 0.5) is 0 Å². The highest BCUT2D eigenvalue weighted by molar-refractivity contribution is 5.04. The number of hydrogen-bond acceptors (Lipinski definition) is 3. The van der Waals surface area contributed by atoms with Crippen molar-refractivity contribution in [2.75, 3.05) is 0 Å². The SMILES string of the molecule is CC(c1nnc(CN)n1C)C1CC1. The van der Waals surface area contributed by atoms with Crippen LogP contribution in [0.3, 0.4) is 0 Å². The summed E-state index contributed by atoms with van der Waals surface area (Å²) in [6, 6.07) is 0. The van der Waals surface area contributed by atoms with Gasteiger partial charge in [0.25, 0.3) is 0 Å². The lowest BCUT2D eigenvalue weighted by Crippen LogP contribution is -2.09. The van der Waals surface area contributed by atoms with Gasteiger partial charge in [-0.3, -0.25) is 0 Å². The van der Waals surface area contributed by atoms with Crippen molar-refractivity contribution in [1.29, 1.82) is 0 Å². The standard InChI is InChI=1S/C9H16N4/c1-6(7-3-4-7)9-12-11-8(5-10)13(9)2/h6-7H,3-5,10H2,1-2H3. The molecule has 13 heavy (non-hydrogen) atoms. The summed E-state index contributed by atoms with van der Waals surface area (Å²) in [4.78, 5) is 0. The number of nitrogens with zero attached hydrogens (tertiary/aromatic N) is 3. The van der Waals surface area contributed by atoms with E-state index in [2.05, 4.69) is 17.1 Å². The van der Waals surface area contributed by atoms with Crippen molar-refractivity contribution in [3.63, 3.8) is 0 Å². The van der Waals surface area contributed by atoms with Crippen molar-refractivity contribution < 1.29 is 0 Å². The molecule has 0 radical (unpaired) electrons. The van der Waals surface area contributed by atoms with E-state index in [9.17, 15) is 0 Å². The van der Waals surface area contributed by atoms with Crippen LogP contribution in [0.15, 0.2) is 0 Å².